The number of rotatable bonds is 3. The molecule has 3 rings (SSSR count). The van der Waals surface area contributed by atoms with Crippen LogP contribution in [0.1, 0.15) is 45.0 Å². The third-order valence-electron chi connectivity index (χ3n) is 5.20. The predicted molar refractivity (Wildman–Crippen MR) is 108 cm³/mol. The number of aromatic nitrogens is 2. The largest absolute Gasteiger partial charge is 0.444 e. The summed E-state index contributed by atoms with van der Waals surface area (Å²) in [7, 11) is 1.86. The molecule has 1 fully saturated rings. The monoisotopic (exact) mass is 423 g/mol. The topological polar surface area (TPSA) is 47.4 Å². The molecule has 1 saturated heterocycles. The summed E-state index contributed by atoms with van der Waals surface area (Å²) >= 11 is 0. The molecule has 0 spiro atoms. The van der Waals surface area contributed by atoms with Gasteiger partial charge >= 0.3 is 12.3 Å². The van der Waals surface area contributed by atoms with E-state index < -0.39 is 17.3 Å². The van der Waals surface area contributed by atoms with E-state index in [2.05, 4.69) is 4.98 Å². The molecule has 0 bridgehead atoms. The van der Waals surface area contributed by atoms with Crippen molar-refractivity contribution in [2.45, 2.75) is 51.8 Å². The van der Waals surface area contributed by atoms with Crippen LogP contribution in [0.3, 0.4) is 0 Å². The van der Waals surface area contributed by atoms with Gasteiger partial charge in [-0.25, -0.2) is 9.78 Å². The molecule has 1 aliphatic rings. The molecule has 1 amide bonds. The Labute approximate surface area is 174 Å². The fourth-order valence-electron chi connectivity index (χ4n) is 3.59. The molecule has 8 heteroatoms. The normalized spacial score (nSPS) is 16.0. The van der Waals surface area contributed by atoms with Gasteiger partial charge in [-0.05, 0) is 51.7 Å². The lowest BCUT2D eigenvalue weighted by Crippen LogP contribution is -2.42. The number of aryl methyl sites for hydroxylation is 1. The molecule has 30 heavy (non-hydrogen) atoms. The third-order valence-corrected chi connectivity index (χ3v) is 5.20. The third kappa shape index (κ3) is 5.55. The van der Waals surface area contributed by atoms with Gasteiger partial charge in [0.15, 0.2) is 0 Å². The van der Waals surface area contributed by atoms with E-state index in [1.54, 1.807) is 17.2 Å². The molecule has 0 atom stereocenters. The number of alkyl halides is 3. The van der Waals surface area contributed by atoms with Crippen molar-refractivity contribution < 1.29 is 22.7 Å². The average Bonchev–Trinajstić information content (AvgIpc) is 3.01. The fourth-order valence-corrected chi connectivity index (χ4v) is 3.59. The van der Waals surface area contributed by atoms with Crippen LogP contribution in [0.15, 0.2) is 30.5 Å². The predicted octanol–water partition coefficient (Wildman–Crippen LogP) is 5.30. The number of nitrogens with zero attached hydrogens (tertiary/aromatic N) is 3. The van der Waals surface area contributed by atoms with Crippen molar-refractivity contribution in [3.05, 3.63) is 41.9 Å². The van der Waals surface area contributed by atoms with Crippen LogP contribution in [0.2, 0.25) is 0 Å². The molecule has 1 aromatic heterocycles. The molecule has 1 aromatic carbocycles. The Balaban J connectivity index is 1.63. The van der Waals surface area contributed by atoms with Crippen LogP contribution in [0.4, 0.5) is 18.0 Å². The molecule has 5 nitrogen and oxygen atoms in total. The Hall–Kier alpha value is -2.51. The number of benzene rings is 1. The molecular formula is C22H28F3N3O2. The van der Waals surface area contributed by atoms with E-state index in [4.69, 9.17) is 4.74 Å². The highest BCUT2D eigenvalue weighted by Gasteiger charge is 2.31. The van der Waals surface area contributed by atoms with E-state index >= 15 is 0 Å². The van der Waals surface area contributed by atoms with E-state index in [9.17, 15) is 18.0 Å². The van der Waals surface area contributed by atoms with Crippen molar-refractivity contribution in [3.8, 4) is 11.3 Å². The van der Waals surface area contributed by atoms with Crippen LogP contribution < -0.4 is 0 Å². The maximum atomic E-state index is 13.0. The Bertz CT molecular complexity index is 892. The molecule has 2 heterocycles. The quantitative estimate of drug-likeness (QED) is 0.674. The Morgan fingerprint density at radius 2 is 1.87 bits per heavy atom. The van der Waals surface area contributed by atoms with Gasteiger partial charge < -0.3 is 14.2 Å². The number of imidazole rings is 1. The lowest BCUT2D eigenvalue weighted by atomic mass is 9.93. The number of halogens is 3. The number of ether oxygens (including phenoxy) is 1. The fraction of sp³-hybridized carbons (Fsp3) is 0.545. The summed E-state index contributed by atoms with van der Waals surface area (Å²) in [4.78, 5) is 18.5. The highest BCUT2D eigenvalue weighted by Crippen LogP contribution is 2.32. The number of likely N-dealkylation sites (tertiary alicyclic amines) is 1. The molecule has 0 unspecified atom stereocenters. The van der Waals surface area contributed by atoms with Crippen LogP contribution >= 0.6 is 0 Å². The van der Waals surface area contributed by atoms with E-state index in [0.29, 0.717) is 30.3 Å². The van der Waals surface area contributed by atoms with Gasteiger partial charge in [0.05, 0.1) is 11.3 Å². The first-order valence-corrected chi connectivity index (χ1v) is 10.1. The number of hydrogen-bond acceptors (Lipinski definition) is 3. The summed E-state index contributed by atoms with van der Waals surface area (Å²) in [5, 5.41) is 0. The van der Waals surface area contributed by atoms with Crippen molar-refractivity contribution in [2.75, 3.05) is 13.1 Å². The van der Waals surface area contributed by atoms with Gasteiger partial charge in [0.2, 0.25) is 0 Å². The minimum absolute atomic E-state index is 0.287. The first kappa shape index (κ1) is 22.2. The standard InChI is InChI=1S/C22H28F3N3O2/c1-21(2,3)30-20(29)28-10-8-15(9-11-28)12-19-26-18(14-27(19)4)16-6-5-7-17(13-16)22(23,24)25/h5-7,13-15H,8-12H2,1-4H3. The molecule has 0 saturated carbocycles. The summed E-state index contributed by atoms with van der Waals surface area (Å²) in [5.74, 6) is 1.19. The molecule has 0 N–H and O–H groups in total. The van der Waals surface area contributed by atoms with Crippen LogP contribution in [-0.4, -0.2) is 39.2 Å². The zero-order valence-electron chi connectivity index (χ0n) is 17.8. The van der Waals surface area contributed by atoms with Gasteiger partial charge in [-0.3, -0.25) is 0 Å². The van der Waals surface area contributed by atoms with Crippen LogP contribution in [-0.2, 0) is 24.4 Å². The second kappa shape index (κ2) is 8.32. The van der Waals surface area contributed by atoms with E-state index in [1.807, 2.05) is 32.4 Å². The van der Waals surface area contributed by atoms with Crippen molar-refractivity contribution in [1.82, 2.24) is 14.5 Å². The van der Waals surface area contributed by atoms with Gasteiger partial charge in [-0.1, -0.05) is 12.1 Å². The minimum atomic E-state index is -4.38. The van der Waals surface area contributed by atoms with E-state index in [1.165, 1.54) is 6.07 Å². The number of piperidine rings is 1. The average molecular weight is 423 g/mol. The molecular weight excluding hydrogens is 395 g/mol. The highest BCUT2D eigenvalue weighted by atomic mass is 19.4. The van der Waals surface area contributed by atoms with Gasteiger partial charge in [-0.2, -0.15) is 13.2 Å². The van der Waals surface area contributed by atoms with Crippen LogP contribution in [0, 0.1) is 5.92 Å². The maximum Gasteiger partial charge on any atom is 0.416 e. The summed E-state index contributed by atoms with van der Waals surface area (Å²) in [6, 6.07) is 5.23. The number of amides is 1. The number of carbonyl (C=O) groups excluding carboxylic acids is 1. The van der Waals surface area contributed by atoms with Crippen molar-refractivity contribution >= 4 is 6.09 Å². The molecule has 1 aliphatic heterocycles. The smallest absolute Gasteiger partial charge is 0.416 e. The summed E-state index contributed by atoms with van der Waals surface area (Å²) < 4.78 is 46.3. The van der Waals surface area contributed by atoms with E-state index in [-0.39, 0.29) is 6.09 Å². The Morgan fingerprint density at radius 1 is 1.20 bits per heavy atom. The second-order valence-electron chi connectivity index (χ2n) is 8.85. The van der Waals surface area contributed by atoms with Crippen molar-refractivity contribution in [3.63, 3.8) is 0 Å². The van der Waals surface area contributed by atoms with Crippen LogP contribution in [0.25, 0.3) is 11.3 Å². The molecule has 2 aromatic rings. The highest BCUT2D eigenvalue weighted by molar-refractivity contribution is 5.68. The van der Waals surface area contributed by atoms with Gasteiger partial charge in [0, 0.05) is 38.3 Å². The molecule has 0 radical (unpaired) electrons. The SMILES string of the molecule is Cn1cc(-c2cccc(C(F)(F)F)c2)nc1CC1CCN(C(=O)OC(C)(C)C)CC1. The lowest BCUT2D eigenvalue weighted by molar-refractivity contribution is -0.137. The lowest BCUT2D eigenvalue weighted by Gasteiger charge is -2.33. The Kier molecular flexibility index (Phi) is 6.15. The molecule has 164 valence electrons. The first-order chi connectivity index (χ1) is 13.9. The second-order valence-corrected chi connectivity index (χ2v) is 8.85. The summed E-state index contributed by atoms with van der Waals surface area (Å²) in [6.07, 6.45) is -0.506. The Morgan fingerprint density at radius 3 is 2.47 bits per heavy atom. The minimum Gasteiger partial charge on any atom is -0.444 e. The zero-order chi connectivity index (χ0) is 22.1. The van der Waals surface area contributed by atoms with Gasteiger partial charge in [0.1, 0.15) is 11.4 Å². The van der Waals surface area contributed by atoms with Crippen molar-refractivity contribution in [2.24, 2.45) is 13.0 Å². The first-order valence-electron chi connectivity index (χ1n) is 10.1. The summed E-state index contributed by atoms with van der Waals surface area (Å²) in [6.45, 7) is 6.80. The van der Waals surface area contributed by atoms with E-state index in [0.717, 1.165) is 37.2 Å². The number of hydrogen-bond donors (Lipinski definition) is 0. The van der Waals surface area contributed by atoms with Gasteiger partial charge in [0.25, 0.3) is 0 Å². The van der Waals surface area contributed by atoms with Crippen molar-refractivity contribution in [1.29, 1.82) is 0 Å². The summed E-state index contributed by atoms with van der Waals surface area (Å²) in [5.41, 5.74) is -0.210. The van der Waals surface area contributed by atoms with Gasteiger partial charge in [-0.15, -0.1) is 0 Å². The number of carbonyl (C=O) groups is 1. The van der Waals surface area contributed by atoms with Crippen LogP contribution in [0.5, 0.6) is 0 Å². The molecule has 0 aliphatic carbocycles. The zero-order valence-corrected chi connectivity index (χ0v) is 17.8. The maximum absolute atomic E-state index is 13.0.